The van der Waals surface area contributed by atoms with Crippen LogP contribution in [0.25, 0.3) is 88.6 Å². The van der Waals surface area contributed by atoms with Crippen molar-refractivity contribution in [3.63, 3.8) is 0 Å². The van der Waals surface area contributed by atoms with Crippen LogP contribution in [0, 0.1) is 46.5 Å². The Morgan fingerprint density at radius 2 is 0.586 bits per heavy atom. The van der Waals surface area contributed by atoms with Crippen LogP contribution in [0.1, 0.15) is 97.8 Å². The molecule has 4 fully saturated rings. The Morgan fingerprint density at radius 1 is 0.297 bits per heavy atom. The van der Waals surface area contributed by atoms with E-state index >= 15 is 0 Å². The SMILES string of the molecule is Cn1nc(N)c2c(-c3ccc(NC(=O)Nc4c(F)cccc4F)cc3)cc(C3CC3)nc21.Cn1nc(N)c2c(-c3ccc(NC(=O)Nc4cc(F)ccc4F)cc3)cc(C3CC3)nc21.Cn1nc(N)c2c(-c3ccc(NC(=O)Nc4ccc(F)cc4F)cc3)cc(C3CC3)nc21.Cn1nc(N)c2c(-c3ccc(NC(=O)Nc4cccc(F)c4F)cc3)cc(C3CC3)nc21. The number of nitrogens with one attached hydrogen (secondary N) is 8. The molecule has 4 aliphatic rings. The molecule has 0 radical (unpaired) electrons. The Balaban J connectivity index is 0.000000120. The van der Waals surface area contributed by atoms with E-state index in [-0.39, 0.29) is 17.1 Å². The summed E-state index contributed by atoms with van der Waals surface area (Å²) in [5.41, 5.74) is 39.9. The maximum atomic E-state index is 13.8. The molecule has 20 rings (SSSR count). The molecule has 0 atom stereocenters. The predicted octanol–water partition coefficient (Wildman–Crippen LogP) is 20.1. The van der Waals surface area contributed by atoms with Gasteiger partial charge in [0.1, 0.15) is 40.6 Å². The Kier molecular flexibility index (Phi) is 23.0. The molecule has 16 aromatic rings. The summed E-state index contributed by atoms with van der Waals surface area (Å²) in [5, 5.41) is 40.0. The maximum Gasteiger partial charge on any atom is 0.323 e. The monoisotopic (exact) mass is 1740 g/mol. The number of hydrogen-bond donors (Lipinski definition) is 12. The van der Waals surface area contributed by atoms with Gasteiger partial charge < -0.3 is 65.5 Å². The number of anilines is 12. The Labute approximate surface area is 723 Å². The van der Waals surface area contributed by atoms with Crippen molar-refractivity contribution in [3.05, 3.63) is 263 Å². The first kappa shape index (κ1) is 84.2. The Bertz CT molecular complexity index is 6870. The topological polar surface area (TPSA) is 391 Å². The third kappa shape index (κ3) is 18.5. The molecular formula is C92H80F8N24O4. The van der Waals surface area contributed by atoms with Crippen molar-refractivity contribution in [1.29, 1.82) is 0 Å². The van der Waals surface area contributed by atoms with Crippen LogP contribution in [0.3, 0.4) is 0 Å². The van der Waals surface area contributed by atoms with Crippen LogP contribution in [0.15, 0.2) is 194 Å². The average Bonchev–Trinajstić information content (AvgIpc) is 1.63. The summed E-state index contributed by atoms with van der Waals surface area (Å²) in [6, 6.07) is 46.9. The first-order valence-electron chi connectivity index (χ1n) is 40.6. The first-order valence-corrected chi connectivity index (χ1v) is 40.6. The summed E-state index contributed by atoms with van der Waals surface area (Å²) < 4.78 is 115. The molecule has 8 aromatic carbocycles. The van der Waals surface area contributed by atoms with Gasteiger partial charge in [-0.05, 0) is 217 Å². The van der Waals surface area contributed by atoms with Crippen molar-refractivity contribution in [2.24, 2.45) is 28.2 Å². The highest BCUT2D eigenvalue weighted by Gasteiger charge is 2.33. The molecule has 128 heavy (non-hydrogen) atoms. The van der Waals surface area contributed by atoms with E-state index in [0.29, 0.717) is 75.8 Å². The molecule has 0 saturated heterocycles. The molecule has 0 aliphatic heterocycles. The van der Waals surface area contributed by atoms with Gasteiger partial charge in [0, 0.05) is 110 Å². The van der Waals surface area contributed by atoms with E-state index < -0.39 is 76.3 Å². The minimum Gasteiger partial charge on any atom is -0.382 e. The maximum absolute atomic E-state index is 13.8. The second-order valence-corrected chi connectivity index (χ2v) is 31.4. The van der Waals surface area contributed by atoms with Gasteiger partial charge in [0.15, 0.2) is 57.5 Å². The third-order valence-electron chi connectivity index (χ3n) is 21.9. The molecule has 0 unspecified atom stereocenters. The third-order valence-corrected chi connectivity index (χ3v) is 21.9. The normalized spacial score (nSPS) is 13.3. The molecule has 36 heteroatoms. The van der Waals surface area contributed by atoms with Gasteiger partial charge in [-0.2, -0.15) is 20.4 Å². The van der Waals surface area contributed by atoms with Gasteiger partial charge in [0.05, 0.1) is 38.6 Å². The highest BCUT2D eigenvalue weighted by atomic mass is 19.2. The van der Waals surface area contributed by atoms with Crippen molar-refractivity contribution in [1.82, 2.24) is 59.1 Å². The van der Waals surface area contributed by atoms with E-state index in [9.17, 15) is 54.3 Å². The number of halogens is 8. The van der Waals surface area contributed by atoms with Crippen molar-refractivity contribution < 1.29 is 54.3 Å². The fourth-order valence-electron chi connectivity index (χ4n) is 14.9. The number of aromatic nitrogens is 12. The van der Waals surface area contributed by atoms with Crippen LogP contribution in [-0.2, 0) is 28.2 Å². The minimum absolute atomic E-state index is 0.112. The fraction of sp³-hybridized carbons (Fsp3) is 0.174. The number of fused-ring (bicyclic) bond motifs is 4. The Morgan fingerprint density at radius 3 is 0.914 bits per heavy atom. The largest absolute Gasteiger partial charge is 0.382 e. The predicted molar refractivity (Wildman–Crippen MR) is 477 cm³/mol. The van der Waals surface area contributed by atoms with Crippen LogP contribution in [0.4, 0.5) is 123 Å². The molecule has 8 heterocycles. The zero-order chi connectivity index (χ0) is 89.6. The number of aryl methyl sites for hydroxylation is 4. The van der Waals surface area contributed by atoms with E-state index in [0.717, 1.165) is 211 Å². The molecule has 8 amide bonds. The highest BCUT2D eigenvalue weighted by molar-refractivity contribution is 6.07. The second-order valence-electron chi connectivity index (χ2n) is 31.4. The fourth-order valence-corrected chi connectivity index (χ4v) is 14.9. The molecule has 16 N–H and O–H groups in total. The van der Waals surface area contributed by atoms with Gasteiger partial charge in [-0.15, -0.1) is 0 Å². The zero-order valence-corrected chi connectivity index (χ0v) is 68.8. The number of rotatable bonds is 16. The first-order chi connectivity index (χ1) is 61.6. The smallest absolute Gasteiger partial charge is 0.323 e. The summed E-state index contributed by atoms with van der Waals surface area (Å²) in [6.07, 6.45) is 8.96. The van der Waals surface area contributed by atoms with Crippen molar-refractivity contribution in [2.75, 3.05) is 65.5 Å². The van der Waals surface area contributed by atoms with E-state index in [4.69, 9.17) is 42.9 Å². The van der Waals surface area contributed by atoms with Gasteiger partial charge in [-0.3, -0.25) is 0 Å². The summed E-state index contributed by atoms with van der Waals surface area (Å²) in [4.78, 5) is 67.8. The van der Waals surface area contributed by atoms with Crippen LogP contribution in [-0.4, -0.2) is 83.2 Å². The lowest BCUT2D eigenvalue weighted by molar-refractivity contribution is 0.261. The standard InChI is InChI=1S/4C23H20F2N6O/c1-31-22-20(21(26)30-31)16(11-19(28-22)13-2-3-13)12-4-7-15(8-5-12)27-23(32)29-18-9-6-14(24)10-17(18)25;1-31-22-20(21(26)30-31)16(11-18(28-22)13-2-3-13)12-4-7-15(8-5-12)27-23(32)29-19-10-14(24)6-9-17(19)25;1-31-22-19(21(26)30-31)15(11-18(28-22)13-5-6-13)12-7-9-14(10-8-12)27-23(32)29-17-4-2-3-16(24)20(17)25;1-31-22-19(21(26)30-31)15(11-18(28-22)13-5-6-13)12-7-9-14(10-8-12)27-23(32)29-20-16(24)3-2-4-17(20)25/h2*4-11,13H,2-3H2,1H3,(H2,26,30)(H2,27,29,32);2*2-4,7-11,13H,5-6H2,1H3,(H2,26,30)(H2,27,29,32). The van der Waals surface area contributed by atoms with Gasteiger partial charge in [-0.25, -0.2) is 93.0 Å². The number of nitrogens with zero attached hydrogens (tertiary/aromatic N) is 12. The van der Waals surface area contributed by atoms with Crippen LogP contribution in [0.2, 0.25) is 0 Å². The summed E-state index contributed by atoms with van der Waals surface area (Å²) in [5.74, 6) is -3.30. The van der Waals surface area contributed by atoms with E-state index in [1.165, 1.54) is 18.2 Å². The van der Waals surface area contributed by atoms with Crippen LogP contribution >= 0.6 is 0 Å². The number of carbonyl (C=O) groups excluding carboxylic acids is 4. The van der Waals surface area contributed by atoms with Crippen molar-refractivity contribution >= 4 is 137 Å². The number of pyridine rings is 4. The number of urea groups is 4. The van der Waals surface area contributed by atoms with Crippen molar-refractivity contribution in [3.8, 4) is 44.5 Å². The molecular weight excluding hydrogens is 1660 g/mol. The van der Waals surface area contributed by atoms with E-state index in [2.05, 4.69) is 81.1 Å². The minimum atomic E-state index is -1.11. The van der Waals surface area contributed by atoms with Gasteiger partial charge in [0.2, 0.25) is 0 Å². The number of amides is 8. The summed E-state index contributed by atoms with van der Waals surface area (Å²) in [6.45, 7) is 0. The highest BCUT2D eigenvalue weighted by Crippen LogP contribution is 2.48. The van der Waals surface area contributed by atoms with Gasteiger partial charge in [-0.1, -0.05) is 60.7 Å². The second kappa shape index (κ2) is 34.9. The molecule has 8 aromatic heterocycles. The quantitative estimate of drug-likeness (QED) is 0.0400. The van der Waals surface area contributed by atoms with Gasteiger partial charge >= 0.3 is 24.1 Å². The molecule has 0 spiro atoms. The lowest BCUT2D eigenvalue weighted by Gasteiger charge is -2.11. The van der Waals surface area contributed by atoms with Crippen molar-refractivity contribution in [2.45, 2.75) is 75.0 Å². The number of hydrogen-bond acceptors (Lipinski definition) is 16. The summed E-state index contributed by atoms with van der Waals surface area (Å²) >= 11 is 0. The van der Waals surface area contributed by atoms with Crippen LogP contribution in [0.5, 0.6) is 0 Å². The number of para-hydroxylation sites is 1. The number of nitrogens with two attached hydrogens (primary N) is 4. The molecule has 648 valence electrons. The van der Waals surface area contributed by atoms with Crippen LogP contribution < -0.4 is 65.5 Å². The number of benzene rings is 8. The summed E-state index contributed by atoms with van der Waals surface area (Å²) in [7, 11) is 7.27. The van der Waals surface area contributed by atoms with Gasteiger partial charge in [0.25, 0.3) is 0 Å². The van der Waals surface area contributed by atoms with E-state index in [1.54, 1.807) is 67.3 Å². The molecule has 0 bridgehead atoms. The zero-order valence-electron chi connectivity index (χ0n) is 68.8. The molecule has 4 saturated carbocycles. The lowest BCUT2D eigenvalue weighted by Crippen LogP contribution is -2.20. The van der Waals surface area contributed by atoms with E-state index in [1.807, 2.05) is 82.8 Å². The number of nitrogen functional groups attached to an aromatic ring is 4. The lowest BCUT2D eigenvalue weighted by atomic mass is 10.0. The Hall–Kier alpha value is -16.0. The number of carbonyl (C=O) groups is 4. The average molecular weight is 1740 g/mol. The molecule has 28 nitrogen and oxygen atoms in total. The molecule has 4 aliphatic carbocycles.